The zero-order valence-electron chi connectivity index (χ0n) is 15.7. The molecule has 27 heavy (non-hydrogen) atoms. The standard InChI is InChI=1S/C21H26N2O3S/c1-15-8-10-16(11-9-15)20(23-21(24)18-6-4-12-22-14-18)17-5-3-7-19(13-17)27(2,25)26/h3,5,7-11,13,18,20,22H,4,6,12,14H2,1-2H3,(H,23,24). The van der Waals surface area contributed by atoms with E-state index in [0.717, 1.165) is 36.1 Å². The van der Waals surface area contributed by atoms with Gasteiger partial charge in [-0.1, -0.05) is 42.0 Å². The molecule has 0 radical (unpaired) electrons. The zero-order valence-corrected chi connectivity index (χ0v) is 16.6. The van der Waals surface area contributed by atoms with E-state index in [1.807, 2.05) is 37.3 Å². The Hall–Kier alpha value is -2.18. The summed E-state index contributed by atoms with van der Waals surface area (Å²) in [7, 11) is -3.32. The van der Waals surface area contributed by atoms with Gasteiger partial charge in [-0.3, -0.25) is 4.79 Å². The number of aryl methyl sites for hydroxylation is 1. The Kier molecular flexibility index (Phi) is 5.97. The third-order valence-electron chi connectivity index (χ3n) is 4.98. The van der Waals surface area contributed by atoms with E-state index in [-0.39, 0.29) is 22.8 Å². The highest BCUT2D eigenvalue weighted by molar-refractivity contribution is 7.90. The van der Waals surface area contributed by atoms with E-state index in [1.54, 1.807) is 18.2 Å². The van der Waals surface area contributed by atoms with E-state index in [2.05, 4.69) is 10.6 Å². The first-order valence-electron chi connectivity index (χ1n) is 9.22. The summed E-state index contributed by atoms with van der Waals surface area (Å²) in [6, 6.07) is 14.4. The second kappa shape index (κ2) is 8.23. The fourth-order valence-corrected chi connectivity index (χ4v) is 4.05. The van der Waals surface area contributed by atoms with Gasteiger partial charge >= 0.3 is 0 Å². The van der Waals surface area contributed by atoms with Gasteiger partial charge in [-0.2, -0.15) is 0 Å². The van der Waals surface area contributed by atoms with Crippen LogP contribution in [0.4, 0.5) is 0 Å². The molecule has 2 unspecified atom stereocenters. The maximum Gasteiger partial charge on any atom is 0.225 e. The average molecular weight is 387 g/mol. The number of carbonyl (C=O) groups excluding carboxylic acids is 1. The largest absolute Gasteiger partial charge is 0.345 e. The normalized spacial score (nSPS) is 18.7. The maximum atomic E-state index is 12.8. The van der Waals surface area contributed by atoms with Gasteiger partial charge in [0.25, 0.3) is 0 Å². The molecule has 1 aliphatic heterocycles. The van der Waals surface area contributed by atoms with Gasteiger partial charge in [0, 0.05) is 12.8 Å². The number of amides is 1. The summed E-state index contributed by atoms with van der Waals surface area (Å²) < 4.78 is 23.9. The molecular formula is C21H26N2O3S. The number of hydrogen-bond acceptors (Lipinski definition) is 4. The van der Waals surface area contributed by atoms with Crippen LogP contribution in [-0.2, 0) is 14.6 Å². The van der Waals surface area contributed by atoms with E-state index in [0.29, 0.717) is 6.54 Å². The number of carbonyl (C=O) groups is 1. The van der Waals surface area contributed by atoms with Crippen LogP contribution in [0.25, 0.3) is 0 Å². The predicted octanol–water partition coefficient (Wildman–Crippen LogP) is 2.60. The van der Waals surface area contributed by atoms with Crippen molar-refractivity contribution in [2.24, 2.45) is 5.92 Å². The highest BCUT2D eigenvalue weighted by Crippen LogP contribution is 2.26. The Bertz CT molecular complexity index is 901. The van der Waals surface area contributed by atoms with Crippen LogP contribution in [0.15, 0.2) is 53.4 Å². The summed E-state index contributed by atoms with van der Waals surface area (Å²) in [4.78, 5) is 13.1. The van der Waals surface area contributed by atoms with E-state index in [1.165, 1.54) is 6.26 Å². The van der Waals surface area contributed by atoms with E-state index < -0.39 is 9.84 Å². The molecule has 2 aromatic rings. The van der Waals surface area contributed by atoms with Gasteiger partial charge in [0.1, 0.15) is 0 Å². The molecule has 6 heteroatoms. The molecule has 2 atom stereocenters. The Morgan fingerprint density at radius 3 is 2.52 bits per heavy atom. The quantitative estimate of drug-likeness (QED) is 0.828. The van der Waals surface area contributed by atoms with Crippen molar-refractivity contribution in [3.8, 4) is 0 Å². The molecule has 3 rings (SSSR count). The van der Waals surface area contributed by atoms with Crippen LogP contribution < -0.4 is 10.6 Å². The molecule has 2 aromatic carbocycles. The fraction of sp³-hybridized carbons (Fsp3) is 0.381. The third kappa shape index (κ3) is 4.96. The Labute approximate surface area is 161 Å². The number of hydrogen-bond donors (Lipinski definition) is 2. The molecule has 0 spiro atoms. The van der Waals surface area contributed by atoms with Gasteiger partial charge in [0.15, 0.2) is 9.84 Å². The molecule has 0 aromatic heterocycles. The molecule has 1 aliphatic rings. The first kappa shape index (κ1) is 19.6. The molecule has 0 bridgehead atoms. The van der Waals surface area contributed by atoms with Crippen LogP contribution in [0.5, 0.6) is 0 Å². The van der Waals surface area contributed by atoms with E-state index in [4.69, 9.17) is 0 Å². The van der Waals surface area contributed by atoms with Crippen LogP contribution in [0.3, 0.4) is 0 Å². The molecule has 1 saturated heterocycles. The minimum absolute atomic E-state index is 0.00228. The van der Waals surface area contributed by atoms with Crippen LogP contribution in [0.1, 0.15) is 35.6 Å². The average Bonchev–Trinajstić information content (AvgIpc) is 2.67. The minimum atomic E-state index is -3.32. The van der Waals surface area contributed by atoms with Gasteiger partial charge in [-0.15, -0.1) is 0 Å². The third-order valence-corrected chi connectivity index (χ3v) is 6.09. The molecule has 5 nitrogen and oxygen atoms in total. The van der Waals surface area contributed by atoms with Crippen molar-refractivity contribution >= 4 is 15.7 Å². The highest BCUT2D eigenvalue weighted by atomic mass is 32.2. The SMILES string of the molecule is Cc1ccc(C(NC(=O)C2CCCNC2)c2cccc(S(C)(=O)=O)c2)cc1. The van der Waals surface area contributed by atoms with Crippen molar-refractivity contribution in [2.75, 3.05) is 19.3 Å². The fourth-order valence-electron chi connectivity index (χ4n) is 3.38. The van der Waals surface area contributed by atoms with Gasteiger partial charge in [0.2, 0.25) is 5.91 Å². The van der Waals surface area contributed by atoms with Crippen molar-refractivity contribution in [3.63, 3.8) is 0 Å². The van der Waals surface area contributed by atoms with Crippen molar-refractivity contribution in [3.05, 3.63) is 65.2 Å². The molecule has 1 heterocycles. The predicted molar refractivity (Wildman–Crippen MR) is 106 cm³/mol. The number of rotatable bonds is 5. The Morgan fingerprint density at radius 1 is 1.15 bits per heavy atom. The molecule has 0 saturated carbocycles. The van der Waals surface area contributed by atoms with E-state index in [9.17, 15) is 13.2 Å². The van der Waals surface area contributed by atoms with Crippen LogP contribution in [0, 0.1) is 12.8 Å². The summed E-state index contributed by atoms with van der Waals surface area (Å²) in [5, 5.41) is 6.41. The summed E-state index contributed by atoms with van der Waals surface area (Å²) >= 11 is 0. The van der Waals surface area contributed by atoms with Gasteiger partial charge in [0.05, 0.1) is 16.9 Å². The maximum absolute atomic E-state index is 12.8. The molecule has 1 fully saturated rings. The Balaban J connectivity index is 1.95. The molecule has 2 N–H and O–H groups in total. The Morgan fingerprint density at radius 2 is 1.89 bits per heavy atom. The number of sulfone groups is 1. The van der Waals surface area contributed by atoms with Crippen LogP contribution in [0.2, 0.25) is 0 Å². The highest BCUT2D eigenvalue weighted by Gasteiger charge is 2.25. The minimum Gasteiger partial charge on any atom is -0.345 e. The topological polar surface area (TPSA) is 75.3 Å². The number of piperidine rings is 1. The summed E-state index contributed by atoms with van der Waals surface area (Å²) in [5.41, 5.74) is 2.83. The molecular weight excluding hydrogens is 360 g/mol. The molecule has 144 valence electrons. The number of nitrogens with one attached hydrogen (secondary N) is 2. The number of benzene rings is 2. The summed E-state index contributed by atoms with van der Waals surface area (Å²) in [6.07, 6.45) is 3.04. The van der Waals surface area contributed by atoms with Gasteiger partial charge in [-0.25, -0.2) is 8.42 Å². The first-order valence-corrected chi connectivity index (χ1v) is 11.1. The van der Waals surface area contributed by atoms with Crippen molar-refractivity contribution in [1.29, 1.82) is 0 Å². The zero-order chi connectivity index (χ0) is 19.4. The first-order chi connectivity index (χ1) is 12.8. The second-order valence-electron chi connectivity index (χ2n) is 7.24. The van der Waals surface area contributed by atoms with Crippen LogP contribution >= 0.6 is 0 Å². The second-order valence-corrected chi connectivity index (χ2v) is 9.26. The molecule has 0 aliphatic carbocycles. The van der Waals surface area contributed by atoms with Crippen LogP contribution in [-0.4, -0.2) is 33.7 Å². The lowest BCUT2D eigenvalue weighted by Crippen LogP contribution is -2.42. The lowest BCUT2D eigenvalue weighted by Gasteiger charge is -2.26. The summed E-state index contributed by atoms with van der Waals surface area (Å²) in [6.45, 7) is 3.63. The lowest BCUT2D eigenvalue weighted by molar-refractivity contribution is -0.126. The monoisotopic (exact) mass is 386 g/mol. The lowest BCUT2D eigenvalue weighted by atomic mass is 9.94. The molecule has 1 amide bonds. The van der Waals surface area contributed by atoms with Gasteiger partial charge < -0.3 is 10.6 Å². The smallest absolute Gasteiger partial charge is 0.225 e. The van der Waals surface area contributed by atoms with Crippen molar-refractivity contribution < 1.29 is 13.2 Å². The van der Waals surface area contributed by atoms with Crippen molar-refractivity contribution in [2.45, 2.75) is 30.7 Å². The van der Waals surface area contributed by atoms with Gasteiger partial charge in [-0.05, 0) is 49.6 Å². The van der Waals surface area contributed by atoms with Crippen molar-refractivity contribution in [1.82, 2.24) is 10.6 Å². The van der Waals surface area contributed by atoms with E-state index >= 15 is 0 Å². The summed E-state index contributed by atoms with van der Waals surface area (Å²) in [5.74, 6) is -0.0673.